The van der Waals surface area contributed by atoms with Crippen LogP contribution in [-0.4, -0.2) is 5.78 Å². The lowest BCUT2D eigenvalue weighted by molar-refractivity contribution is -0.127. The minimum atomic E-state index is 0.385. The Kier molecular flexibility index (Phi) is 5.67. The van der Waals surface area contributed by atoms with Gasteiger partial charge in [-0.25, -0.2) is 0 Å². The topological polar surface area (TPSA) is 17.1 Å². The Bertz CT molecular complexity index is 699. The maximum atomic E-state index is 12.1. The predicted octanol–water partition coefficient (Wildman–Crippen LogP) is 7.62. The predicted molar refractivity (Wildman–Crippen MR) is 123 cm³/mol. The smallest absolute Gasteiger partial charge is 0.133 e. The van der Waals surface area contributed by atoms with Gasteiger partial charge < -0.3 is 0 Å². The van der Waals surface area contributed by atoms with E-state index >= 15 is 0 Å². The third kappa shape index (κ3) is 3.49. The van der Waals surface area contributed by atoms with Crippen molar-refractivity contribution < 1.29 is 4.79 Å². The Morgan fingerprint density at radius 3 is 2.41 bits per heavy atom. The monoisotopic (exact) mass is 396 g/mol. The zero-order chi connectivity index (χ0) is 21.0. The van der Waals surface area contributed by atoms with Gasteiger partial charge in [-0.05, 0) is 90.8 Å². The molecule has 8 atom stereocenters. The molecule has 4 aliphatic rings. The summed E-state index contributed by atoms with van der Waals surface area (Å²) in [5, 5.41) is 0. The van der Waals surface area contributed by atoms with E-state index in [9.17, 15) is 4.79 Å². The summed E-state index contributed by atoms with van der Waals surface area (Å²) in [5.41, 5.74) is 2.68. The van der Waals surface area contributed by atoms with Crippen LogP contribution in [0.5, 0.6) is 0 Å². The first-order chi connectivity index (χ1) is 13.7. The van der Waals surface area contributed by atoms with Gasteiger partial charge >= 0.3 is 0 Å². The van der Waals surface area contributed by atoms with Crippen LogP contribution in [0.25, 0.3) is 0 Å². The van der Waals surface area contributed by atoms with E-state index in [1.165, 1.54) is 25.7 Å². The van der Waals surface area contributed by atoms with Crippen LogP contribution in [-0.2, 0) is 4.79 Å². The minimum absolute atomic E-state index is 0.385. The molecule has 0 amide bonds. The molecule has 0 aromatic heterocycles. The van der Waals surface area contributed by atoms with Gasteiger partial charge in [0.1, 0.15) is 5.78 Å². The molecule has 0 spiro atoms. The van der Waals surface area contributed by atoms with Gasteiger partial charge in [0.25, 0.3) is 0 Å². The van der Waals surface area contributed by atoms with Crippen LogP contribution in [0, 0.1) is 52.3 Å². The molecule has 29 heavy (non-hydrogen) atoms. The molecule has 0 aromatic carbocycles. The van der Waals surface area contributed by atoms with Crippen molar-refractivity contribution in [3.63, 3.8) is 0 Å². The number of hydrogen-bond acceptors (Lipinski definition) is 1. The highest BCUT2D eigenvalue weighted by atomic mass is 16.1. The number of carbonyl (C=O) groups is 1. The lowest BCUT2D eigenvalue weighted by Crippen LogP contribution is -2.49. The van der Waals surface area contributed by atoms with Crippen molar-refractivity contribution >= 4 is 5.78 Å². The van der Waals surface area contributed by atoms with Gasteiger partial charge in [0.05, 0.1) is 0 Å². The SMILES string of the molecule is CC(C)C(C)/C=C/C(C)[C@H]1CCC2C3=CCC4CC(=O)CC[C@]4(C)C3CC[C@@]21C. The van der Waals surface area contributed by atoms with Crippen molar-refractivity contribution in [1.82, 2.24) is 0 Å². The molecule has 3 fully saturated rings. The van der Waals surface area contributed by atoms with Crippen molar-refractivity contribution in [2.75, 3.05) is 0 Å². The summed E-state index contributed by atoms with van der Waals surface area (Å²) in [6.07, 6.45) is 17.2. The molecule has 0 saturated heterocycles. The van der Waals surface area contributed by atoms with Gasteiger partial charge in [-0.15, -0.1) is 0 Å². The van der Waals surface area contributed by atoms with Crippen molar-refractivity contribution in [2.24, 2.45) is 52.3 Å². The Morgan fingerprint density at radius 1 is 0.966 bits per heavy atom. The number of Topliss-reactive ketones (excluding diaryl/α,β-unsaturated/α-hetero) is 1. The van der Waals surface area contributed by atoms with E-state index in [-0.39, 0.29) is 0 Å². The number of allylic oxidation sites excluding steroid dienone is 4. The molecule has 4 rings (SSSR count). The summed E-state index contributed by atoms with van der Waals surface area (Å²) in [6.45, 7) is 14.7. The third-order valence-electron chi connectivity index (χ3n) is 10.4. The van der Waals surface area contributed by atoms with Crippen molar-refractivity contribution in [3.05, 3.63) is 23.8 Å². The second-order valence-electron chi connectivity index (χ2n) is 12.1. The van der Waals surface area contributed by atoms with Gasteiger partial charge in [-0.2, -0.15) is 0 Å². The van der Waals surface area contributed by atoms with E-state index in [1.54, 1.807) is 0 Å². The molecular formula is C28H44O. The lowest BCUT2D eigenvalue weighted by Gasteiger charge is -2.57. The molecule has 5 unspecified atom stereocenters. The molecule has 3 saturated carbocycles. The number of carbonyl (C=O) groups excluding carboxylic acids is 1. The van der Waals surface area contributed by atoms with Gasteiger partial charge in [-0.1, -0.05) is 65.3 Å². The number of rotatable bonds is 4. The summed E-state index contributed by atoms with van der Waals surface area (Å²) in [4.78, 5) is 12.1. The molecule has 1 nitrogen and oxygen atoms in total. The summed E-state index contributed by atoms with van der Waals surface area (Å²) in [5.74, 6) is 5.57. The van der Waals surface area contributed by atoms with Crippen LogP contribution < -0.4 is 0 Å². The van der Waals surface area contributed by atoms with Crippen LogP contribution in [0.2, 0.25) is 0 Å². The van der Waals surface area contributed by atoms with Gasteiger partial charge in [0.15, 0.2) is 0 Å². The fraction of sp³-hybridized carbons (Fsp3) is 0.821. The first kappa shape index (κ1) is 21.4. The molecule has 0 aromatic rings. The average molecular weight is 397 g/mol. The zero-order valence-corrected chi connectivity index (χ0v) is 19.8. The quantitative estimate of drug-likeness (QED) is 0.447. The van der Waals surface area contributed by atoms with Crippen molar-refractivity contribution in [1.29, 1.82) is 0 Å². The molecule has 0 bridgehead atoms. The first-order valence-electron chi connectivity index (χ1n) is 12.6. The molecule has 162 valence electrons. The Morgan fingerprint density at radius 2 is 1.69 bits per heavy atom. The van der Waals surface area contributed by atoms with E-state index < -0.39 is 0 Å². The van der Waals surface area contributed by atoms with Crippen LogP contribution >= 0.6 is 0 Å². The zero-order valence-electron chi connectivity index (χ0n) is 19.8. The highest BCUT2D eigenvalue weighted by molar-refractivity contribution is 5.79. The summed E-state index contributed by atoms with van der Waals surface area (Å²) >= 11 is 0. The first-order valence-corrected chi connectivity index (χ1v) is 12.6. The standard InChI is InChI=1S/C28H44O/c1-18(2)19(3)7-8-20(4)24-11-12-25-23-10-9-21-17-22(29)13-15-27(21,5)26(23)14-16-28(24,25)6/h7-8,10,18-21,24-26H,9,11-17H2,1-6H3/b8-7+/t19?,20?,21?,24-,25?,26?,27+,28-/m1/s1. The molecule has 0 N–H and O–H groups in total. The van der Waals surface area contributed by atoms with E-state index in [0.717, 1.165) is 49.4 Å². The highest BCUT2D eigenvalue weighted by Crippen LogP contribution is 2.66. The van der Waals surface area contributed by atoms with Crippen molar-refractivity contribution in [2.45, 2.75) is 92.9 Å². The van der Waals surface area contributed by atoms with Crippen LogP contribution in [0.4, 0.5) is 0 Å². The second-order valence-corrected chi connectivity index (χ2v) is 12.1. The van der Waals surface area contributed by atoms with Crippen LogP contribution in [0.1, 0.15) is 92.9 Å². The summed E-state index contributed by atoms with van der Waals surface area (Å²) in [6, 6.07) is 0. The van der Waals surface area contributed by atoms with Gasteiger partial charge in [0.2, 0.25) is 0 Å². The van der Waals surface area contributed by atoms with E-state index in [1.807, 2.05) is 5.57 Å². The van der Waals surface area contributed by atoms with E-state index in [4.69, 9.17) is 0 Å². The average Bonchev–Trinajstić information content (AvgIpc) is 3.03. The molecule has 1 heteroatoms. The molecule has 4 aliphatic carbocycles. The summed E-state index contributed by atoms with van der Waals surface area (Å²) in [7, 11) is 0. The Hall–Kier alpha value is -0.850. The third-order valence-corrected chi connectivity index (χ3v) is 10.4. The molecular weight excluding hydrogens is 352 g/mol. The normalized spacial score (nSPS) is 44.2. The van der Waals surface area contributed by atoms with E-state index in [2.05, 4.69) is 59.8 Å². The van der Waals surface area contributed by atoms with Gasteiger partial charge in [0, 0.05) is 12.8 Å². The number of hydrogen-bond donors (Lipinski definition) is 0. The fourth-order valence-electron chi connectivity index (χ4n) is 7.91. The maximum Gasteiger partial charge on any atom is 0.133 e. The molecule has 0 radical (unpaired) electrons. The minimum Gasteiger partial charge on any atom is -0.300 e. The number of ketones is 1. The second kappa shape index (κ2) is 7.69. The molecule has 0 aliphatic heterocycles. The maximum absolute atomic E-state index is 12.1. The lowest BCUT2D eigenvalue weighted by atomic mass is 9.48. The van der Waals surface area contributed by atoms with E-state index in [0.29, 0.717) is 34.4 Å². The van der Waals surface area contributed by atoms with Crippen molar-refractivity contribution in [3.8, 4) is 0 Å². The Balaban J connectivity index is 1.55. The summed E-state index contributed by atoms with van der Waals surface area (Å²) < 4.78 is 0. The fourth-order valence-corrected chi connectivity index (χ4v) is 7.91. The highest BCUT2D eigenvalue weighted by Gasteiger charge is 2.57. The molecule has 0 heterocycles. The van der Waals surface area contributed by atoms with Crippen LogP contribution in [0.15, 0.2) is 23.8 Å². The largest absolute Gasteiger partial charge is 0.300 e. The Labute approximate surface area is 179 Å². The van der Waals surface area contributed by atoms with Gasteiger partial charge in [-0.3, -0.25) is 4.79 Å². The van der Waals surface area contributed by atoms with Crippen LogP contribution in [0.3, 0.4) is 0 Å². The number of fused-ring (bicyclic) bond motifs is 5.